The first-order chi connectivity index (χ1) is 10.2. The number of carbonyl (C=O) groups excluding carboxylic acids is 1. The van der Waals surface area contributed by atoms with Crippen molar-refractivity contribution >= 4 is 22.5 Å². The summed E-state index contributed by atoms with van der Waals surface area (Å²) < 4.78 is 0. The van der Waals surface area contributed by atoms with Crippen LogP contribution in [0.2, 0.25) is 0 Å². The summed E-state index contributed by atoms with van der Waals surface area (Å²) in [5.41, 5.74) is 3.30. The number of amides is 1. The van der Waals surface area contributed by atoms with E-state index in [9.17, 15) is 4.79 Å². The highest BCUT2D eigenvalue weighted by molar-refractivity contribution is 5.92. The molecule has 1 aromatic carbocycles. The van der Waals surface area contributed by atoms with Crippen LogP contribution in [0, 0.1) is 6.92 Å². The Bertz CT molecular complexity index is 799. The van der Waals surface area contributed by atoms with Crippen molar-refractivity contribution in [1.82, 2.24) is 9.97 Å². The maximum absolute atomic E-state index is 12.1. The van der Waals surface area contributed by atoms with E-state index in [0.717, 1.165) is 28.0 Å². The number of carbonyl (C=O) groups is 1. The second kappa shape index (κ2) is 5.71. The zero-order chi connectivity index (χ0) is 14.7. The van der Waals surface area contributed by atoms with Crippen LogP contribution in [0.3, 0.4) is 0 Å². The summed E-state index contributed by atoms with van der Waals surface area (Å²) in [7, 11) is 0. The monoisotopic (exact) mass is 277 g/mol. The average Bonchev–Trinajstić information content (AvgIpc) is 2.47. The molecule has 0 aliphatic heterocycles. The molecule has 104 valence electrons. The predicted molar refractivity (Wildman–Crippen MR) is 83.1 cm³/mol. The number of para-hydroxylation sites is 1. The topological polar surface area (TPSA) is 54.9 Å². The molecule has 0 atom stereocenters. The van der Waals surface area contributed by atoms with E-state index in [-0.39, 0.29) is 12.3 Å². The first kappa shape index (κ1) is 13.2. The molecule has 0 bridgehead atoms. The summed E-state index contributed by atoms with van der Waals surface area (Å²) in [6, 6.07) is 15.4. The van der Waals surface area contributed by atoms with Gasteiger partial charge in [0.15, 0.2) is 0 Å². The summed E-state index contributed by atoms with van der Waals surface area (Å²) in [4.78, 5) is 20.7. The Morgan fingerprint density at radius 2 is 2.00 bits per heavy atom. The molecule has 0 saturated carbocycles. The summed E-state index contributed by atoms with van der Waals surface area (Å²) >= 11 is 0. The van der Waals surface area contributed by atoms with E-state index in [2.05, 4.69) is 15.3 Å². The van der Waals surface area contributed by atoms with Crippen LogP contribution < -0.4 is 5.32 Å². The van der Waals surface area contributed by atoms with Crippen molar-refractivity contribution in [2.75, 3.05) is 5.32 Å². The second-order valence-corrected chi connectivity index (χ2v) is 4.91. The number of hydrogen-bond donors (Lipinski definition) is 1. The number of nitrogens with one attached hydrogen (secondary N) is 1. The molecule has 0 spiro atoms. The lowest BCUT2D eigenvalue weighted by Crippen LogP contribution is -2.15. The minimum absolute atomic E-state index is 0.0802. The van der Waals surface area contributed by atoms with Crippen LogP contribution in [-0.2, 0) is 11.2 Å². The van der Waals surface area contributed by atoms with Crippen molar-refractivity contribution in [3.8, 4) is 0 Å². The Morgan fingerprint density at radius 3 is 2.86 bits per heavy atom. The molecular formula is C17H15N3O. The van der Waals surface area contributed by atoms with Gasteiger partial charge in [0.2, 0.25) is 5.91 Å². The average molecular weight is 277 g/mol. The largest absolute Gasteiger partial charge is 0.326 e. The standard InChI is InChI=1S/C17H15N3O/c1-12-10-15(8-9-18-12)20-17(21)11-14-7-6-13-4-2-3-5-16(13)19-14/h2-10H,11H2,1H3,(H,18,20,21). The molecular weight excluding hydrogens is 262 g/mol. The van der Waals surface area contributed by atoms with Gasteiger partial charge in [-0.25, -0.2) is 0 Å². The van der Waals surface area contributed by atoms with Crippen LogP contribution in [0.25, 0.3) is 10.9 Å². The highest BCUT2D eigenvalue weighted by Crippen LogP contribution is 2.13. The first-order valence-corrected chi connectivity index (χ1v) is 6.78. The highest BCUT2D eigenvalue weighted by Gasteiger charge is 2.06. The van der Waals surface area contributed by atoms with Gasteiger partial charge in [-0.3, -0.25) is 14.8 Å². The molecule has 0 unspecified atom stereocenters. The third kappa shape index (κ3) is 3.23. The van der Waals surface area contributed by atoms with E-state index in [0.29, 0.717) is 0 Å². The molecule has 1 amide bonds. The number of aromatic nitrogens is 2. The van der Waals surface area contributed by atoms with E-state index >= 15 is 0 Å². The Kier molecular flexibility index (Phi) is 3.60. The van der Waals surface area contributed by atoms with Crippen LogP contribution in [-0.4, -0.2) is 15.9 Å². The number of benzene rings is 1. The van der Waals surface area contributed by atoms with Crippen LogP contribution >= 0.6 is 0 Å². The molecule has 3 rings (SSSR count). The zero-order valence-electron chi connectivity index (χ0n) is 11.7. The molecule has 0 radical (unpaired) electrons. The normalized spacial score (nSPS) is 10.5. The molecule has 0 saturated heterocycles. The smallest absolute Gasteiger partial charge is 0.230 e. The Balaban J connectivity index is 1.74. The van der Waals surface area contributed by atoms with E-state index in [1.807, 2.05) is 49.4 Å². The van der Waals surface area contributed by atoms with Crippen molar-refractivity contribution in [2.45, 2.75) is 13.3 Å². The molecule has 3 aromatic rings. The second-order valence-electron chi connectivity index (χ2n) is 4.91. The SMILES string of the molecule is Cc1cc(NC(=O)Cc2ccc3ccccc3n2)ccn1. The third-order valence-corrected chi connectivity index (χ3v) is 3.18. The first-order valence-electron chi connectivity index (χ1n) is 6.78. The number of nitrogens with zero attached hydrogens (tertiary/aromatic N) is 2. The van der Waals surface area contributed by atoms with E-state index in [1.165, 1.54) is 0 Å². The Labute approximate surface area is 122 Å². The number of anilines is 1. The van der Waals surface area contributed by atoms with Gasteiger partial charge in [-0.1, -0.05) is 24.3 Å². The lowest BCUT2D eigenvalue weighted by molar-refractivity contribution is -0.115. The van der Waals surface area contributed by atoms with Crippen LogP contribution in [0.4, 0.5) is 5.69 Å². The van der Waals surface area contributed by atoms with Crippen molar-refractivity contribution in [3.05, 3.63) is 66.1 Å². The fourth-order valence-electron chi connectivity index (χ4n) is 2.20. The highest BCUT2D eigenvalue weighted by atomic mass is 16.1. The van der Waals surface area contributed by atoms with Crippen molar-refractivity contribution in [3.63, 3.8) is 0 Å². The molecule has 4 heteroatoms. The van der Waals surface area contributed by atoms with Crippen molar-refractivity contribution in [2.24, 2.45) is 0 Å². The molecule has 1 N–H and O–H groups in total. The third-order valence-electron chi connectivity index (χ3n) is 3.18. The minimum atomic E-state index is -0.0802. The van der Waals surface area contributed by atoms with Crippen molar-refractivity contribution in [1.29, 1.82) is 0 Å². The molecule has 21 heavy (non-hydrogen) atoms. The number of pyridine rings is 2. The number of hydrogen-bond acceptors (Lipinski definition) is 3. The van der Waals surface area contributed by atoms with Gasteiger partial charge >= 0.3 is 0 Å². The van der Waals surface area contributed by atoms with Gasteiger partial charge in [0.1, 0.15) is 0 Å². The molecule has 0 aliphatic carbocycles. The lowest BCUT2D eigenvalue weighted by atomic mass is 10.2. The van der Waals surface area contributed by atoms with Crippen LogP contribution in [0.1, 0.15) is 11.4 Å². The number of aryl methyl sites for hydroxylation is 1. The van der Waals surface area contributed by atoms with Gasteiger partial charge in [-0.15, -0.1) is 0 Å². The summed E-state index contributed by atoms with van der Waals surface area (Å²) in [6.07, 6.45) is 1.94. The lowest BCUT2D eigenvalue weighted by Gasteiger charge is -2.06. The molecule has 2 heterocycles. The molecule has 0 aliphatic rings. The zero-order valence-corrected chi connectivity index (χ0v) is 11.7. The van der Waals surface area contributed by atoms with Gasteiger partial charge in [0.25, 0.3) is 0 Å². The number of fused-ring (bicyclic) bond motifs is 1. The Hall–Kier alpha value is -2.75. The van der Waals surface area contributed by atoms with Gasteiger partial charge in [-0.2, -0.15) is 0 Å². The quantitative estimate of drug-likeness (QED) is 0.800. The van der Waals surface area contributed by atoms with Gasteiger partial charge in [0.05, 0.1) is 17.6 Å². The summed E-state index contributed by atoms with van der Waals surface area (Å²) in [6.45, 7) is 1.89. The van der Waals surface area contributed by atoms with Gasteiger partial charge in [0, 0.05) is 23.0 Å². The Morgan fingerprint density at radius 1 is 1.14 bits per heavy atom. The molecule has 4 nitrogen and oxygen atoms in total. The number of rotatable bonds is 3. The van der Waals surface area contributed by atoms with Gasteiger partial charge < -0.3 is 5.32 Å². The van der Waals surface area contributed by atoms with E-state index in [4.69, 9.17) is 0 Å². The fraction of sp³-hybridized carbons (Fsp3) is 0.118. The van der Waals surface area contributed by atoms with Crippen LogP contribution in [0.5, 0.6) is 0 Å². The van der Waals surface area contributed by atoms with E-state index in [1.54, 1.807) is 12.3 Å². The van der Waals surface area contributed by atoms with E-state index < -0.39 is 0 Å². The maximum Gasteiger partial charge on any atom is 0.230 e. The maximum atomic E-state index is 12.1. The van der Waals surface area contributed by atoms with Crippen molar-refractivity contribution < 1.29 is 4.79 Å². The predicted octanol–water partition coefficient (Wildman–Crippen LogP) is 3.12. The summed E-state index contributed by atoms with van der Waals surface area (Å²) in [5, 5.41) is 3.94. The molecule has 2 aromatic heterocycles. The van der Waals surface area contributed by atoms with Gasteiger partial charge in [-0.05, 0) is 31.2 Å². The fourth-order valence-corrected chi connectivity index (χ4v) is 2.20. The van der Waals surface area contributed by atoms with Crippen LogP contribution in [0.15, 0.2) is 54.7 Å². The summed E-state index contributed by atoms with van der Waals surface area (Å²) in [5.74, 6) is -0.0802. The molecule has 0 fully saturated rings. The minimum Gasteiger partial charge on any atom is -0.326 e.